The number of pyridine rings is 2. The first-order valence-electron chi connectivity index (χ1n) is 17.1. The summed E-state index contributed by atoms with van der Waals surface area (Å²) in [5.41, 5.74) is 2.66. The van der Waals surface area contributed by atoms with Gasteiger partial charge in [-0.2, -0.15) is 13.2 Å². The maximum atomic E-state index is 14.0. The third kappa shape index (κ3) is 7.98. The van der Waals surface area contributed by atoms with Gasteiger partial charge in [-0.3, -0.25) is 9.36 Å². The molecule has 7 rings (SSSR count). The van der Waals surface area contributed by atoms with Crippen molar-refractivity contribution < 1.29 is 36.9 Å². The van der Waals surface area contributed by atoms with E-state index in [0.717, 1.165) is 50.3 Å². The molecule has 0 saturated carbocycles. The van der Waals surface area contributed by atoms with Crippen molar-refractivity contribution in [2.24, 2.45) is 0 Å². The van der Waals surface area contributed by atoms with Gasteiger partial charge in [0.05, 0.1) is 19.1 Å². The maximum absolute atomic E-state index is 14.0. The molecule has 16 heteroatoms. The minimum Gasteiger partial charge on any atom is -0.489 e. The number of imidazole rings is 1. The molecule has 2 aliphatic heterocycles. The summed E-state index contributed by atoms with van der Waals surface area (Å²) in [7, 11) is 0. The molecular formula is C36H37F3N8O5. The van der Waals surface area contributed by atoms with Gasteiger partial charge >= 0.3 is 6.18 Å². The summed E-state index contributed by atoms with van der Waals surface area (Å²) in [6, 6.07) is 9.40. The summed E-state index contributed by atoms with van der Waals surface area (Å²) in [5, 5.41) is 5.98. The number of carbonyl (C=O) groups excluding carboxylic acids is 1. The van der Waals surface area contributed by atoms with Gasteiger partial charge in [-0.25, -0.2) is 24.9 Å². The SMILES string of the molecule is Cc1ccc(NC(=O)c2cc(C(F)(F)F)c(OCCOC3CCCCO3)cn2)cc1Nc1ncccc1-c1ncnc2c1ncn2C1CCCCO1. The van der Waals surface area contributed by atoms with Crippen LogP contribution in [0.15, 0.2) is 61.4 Å². The fourth-order valence-electron chi connectivity index (χ4n) is 6.13. The van der Waals surface area contributed by atoms with Gasteiger partial charge in [-0.1, -0.05) is 6.07 Å². The zero-order chi connectivity index (χ0) is 36.1. The molecule has 1 amide bonds. The predicted octanol–water partition coefficient (Wildman–Crippen LogP) is 7.23. The molecule has 2 unspecified atom stereocenters. The molecule has 2 fully saturated rings. The minimum absolute atomic E-state index is 0.0393. The zero-order valence-corrected chi connectivity index (χ0v) is 28.4. The van der Waals surface area contributed by atoms with Gasteiger partial charge in [0.25, 0.3) is 5.91 Å². The highest BCUT2D eigenvalue weighted by Gasteiger charge is 2.36. The van der Waals surface area contributed by atoms with E-state index in [4.69, 9.17) is 18.9 Å². The lowest BCUT2D eigenvalue weighted by Gasteiger charge is -2.23. The van der Waals surface area contributed by atoms with Crippen molar-refractivity contribution in [3.8, 4) is 17.0 Å². The second-order valence-corrected chi connectivity index (χ2v) is 12.5. The number of aromatic nitrogens is 6. The molecule has 0 spiro atoms. The fraction of sp³-hybridized carbons (Fsp3) is 0.389. The van der Waals surface area contributed by atoms with E-state index in [2.05, 4.69) is 35.6 Å². The number of amides is 1. The van der Waals surface area contributed by atoms with Crippen LogP contribution in [0.1, 0.15) is 66.4 Å². The summed E-state index contributed by atoms with van der Waals surface area (Å²) in [5.74, 6) is -0.856. The van der Waals surface area contributed by atoms with Gasteiger partial charge < -0.3 is 29.6 Å². The number of fused-ring (bicyclic) bond motifs is 1. The molecule has 13 nitrogen and oxygen atoms in total. The average molecular weight is 719 g/mol. The number of alkyl halides is 3. The number of benzene rings is 1. The Balaban J connectivity index is 1.07. The van der Waals surface area contributed by atoms with Crippen molar-refractivity contribution in [3.63, 3.8) is 0 Å². The van der Waals surface area contributed by atoms with Crippen molar-refractivity contribution in [2.45, 2.75) is 64.1 Å². The summed E-state index contributed by atoms with van der Waals surface area (Å²) >= 11 is 0. The third-order valence-corrected chi connectivity index (χ3v) is 8.82. The number of hydrogen-bond acceptors (Lipinski definition) is 11. The number of nitrogens with one attached hydrogen (secondary N) is 2. The van der Waals surface area contributed by atoms with Crippen molar-refractivity contribution in [2.75, 3.05) is 37.1 Å². The molecule has 52 heavy (non-hydrogen) atoms. The maximum Gasteiger partial charge on any atom is 0.420 e. The van der Waals surface area contributed by atoms with Crippen LogP contribution in [0.4, 0.5) is 30.4 Å². The number of aryl methyl sites for hydroxylation is 1. The molecule has 6 heterocycles. The molecule has 1 aromatic carbocycles. The summed E-state index contributed by atoms with van der Waals surface area (Å²) in [6.07, 6.45) is 5.96. The van der Waals surface area contributed by atoms with Crippen molar-refractivity contribution in [1.29, 1.82) is 0 Å². The first-order valence-corrected chi connectivity index (χ1v) is 17.1. The van der Waals surface area contributed by atoms with E-state index in [9.17, 15) is 18.0 Å². The molecule has 2 N–H and O–H groups in total. The summed E-state index contributed by atoms with van der Waals surface area (Å²) < 4.78 is 66.3. The van der Waals surface area contributed by atoms with Crippen LogP contribution < -0.4 is 15.4 Å². The van der Waals surface area contributed by atoms with Crippen LogP contribution in [0.2, 0.25) is 0 Å². The minimum atomic E-state index is -4.79. The molecule has 5 aromatic rings. The number of nitrogens with zero attached hydrogens (tertiary/aromatic N) is 6. The molecule has 0 bridgehead atoms. The Bertz CT molecular complexity index is 2030. The van der Waals surface area contributed by atoms with Gasteiger partial charge in [0.1, 0.15) is 53.2 Å². The van der Waals surface area contributed by atoms with Gasteiger partial charge in [0.2, 0.25) is 0 Å². The van der Waals surface area contributed by atoms with Gasteiger partial charge in [0, 0.05) is 36.3 Å². The van der Waals surface area contributed by atoms with E-state index >= 15 is 0 Å². The van der Waals surface area contributed by atoms with Gasteiger partial charge in [-0.15, -0.1) is 0 Å². The largest absolute Gasteiger partial charge is 0.489 e. The number of rotatable bonds is 11. The Morgan fingerprint density at radius 2 is 1.83 bits per heavy atom. The van der Waals surface area contributed by atoms with Crippen LogP contribution in [0.25, 0.3) is 22.4 Å². The Morgan fingerprint density at radius 3 is 2.62 bits per heavy atom. The Morgan fingerprint density at radius 1 is 0.981 bits per heavy atom. The molecule has 0 aliphatic carbocycles. The van der Waals surface area contributed by atoms with Crippen molar-refractivity contribution in [3.05, 3.63) is 78.3 Å². The quantitative estimate of drug-likeness (QED) is 0.133. The standard InChI is InChI=1S/C36H37F3N8O5/c1-22-10-11-23(45-35(48)27-18-25(36(37,38)39)28(19-41-27)49-15-16-52-30-9-3-5-14-51-30)17-26(22)46-33-24(7-6-12-40-33)31-32-34(43-20-42-31)47(21-44-32)29-8-2-4-13-50-29/h6-7,10-12,17-21,29-30H,2-5,8-9,13-16H2,1H3,(H,40,46)(H,45,48). The van der Waals surface area contributed by atoms with Crippen LogP contribution >= 0.6 is 0 Å². The smallest absolute Gasteiger partial charge is 0.420 e. The van der Waals surface area contributed by atoms with Gasteiger partial charge in [0.15, 0.2) is 11.9 Å². The average Bonchev–Trinajstić information content (AvgIpc) is 3.60. The molecular weight excluding hydrogens is 681 g/mol. The zero-order valence-electron chi connectivity index (χ0n) is 28.4. The number of ether oxygens (including phenoxy) is 4. The third-order valence-electron chi connectivity index (χ3n) is 8.82. The van der Waals surface area contributed by atoms with Crippen molar-refractivity contribution in [1.82, 2.24) is 29.5 Å². The number of halogens is 3. The lowest BCUT2D eigenvalue weighted by Crippen LogP contribution is -2.24. The lowest BCUT2D eigenvalue weighted by molar-refractivity contribution is -0.166. The molecule has 272 valence electrons. The van der Waals surface area contributed by atoms with E-state index < -0.39 is 35.4 Å². The summed E-state index contributed by atoms with van der Waals surface area (Å²) in [6.45, 7) is 3.03. The van der Waals surface area contributed by atoms with E-state index in [1.807, 2.05) is 17.6 Å². The number of hydrogen-bond donors (Lipinski definition) is 2. The molecule has 2 saturated heterocycles. The molecule has 2 atom stereocenters. The fourth-order valence-corrected chi connectivity index (χ4v) is 6.13. The first kappa shape index (κ1) is 35.2. The Hall–Kier alpha value is -5.19. The van der Waals surface area contributed by atoms with Crippen LogP contribution in [-0.2, 0) is 20.4 Å². The second-order valence-electron chi connectivity index (χ2n) is 12.5. The Labute approximate surface area is 296 Å². The first-order chi connectivity index (χ1) is 25.2. The monoisotopic (exact) mass is 718 g/mol. The Kier molecular flexibility index (Phi) is 10.6. The highest BCUT2D eigenvalue weighted by molar-refractivity contribution is 6.03. The molecule has 4 aromatic heterocycles. The number of anilines is 3. The summed E-state index contributed by atoms with van der Waals surface area (Å²) in [4.78, 5) is 35.4. The number of carbonyl (C=O) groups is 1. The van der Waals surface area contributed by atoms with Gasteiger partial charge in [-0.05, 0) is 81.3 Å². The highest BCUT2D eigenvalue weighted by Crippen LogP contribution is 2.37. The molecule has 2 aliphatic rings. The highest BCUT2D eigenvalue weighted by atomic mass is 19.4. The van der Waals surface area contributed by atoms with Crippen LogP contribution in [0, 0.1) is 6.92 Å². The van der Waals surface area contributed by atoms with E-state index in [1.54, 1.807) is 36.8 Å². The topological polar surface area (TPSA) is 147 Å². The van der Waals surface area contributed by atoms with E-state index in [1.165, 1.54) is 6.33 Å². The van der Waals surface area contributed by atoms with Crippen LogP contribution in [0.3, 0.4) is 0 Å². The lowest BCUT2D eigenvalue weighted by atomic mass is 10.1. The van der Waals surface area contributed by atoms with E-state index in [-0.39, 0.29) is 19.4 Å². The molecule has 0 radical (unpaired) electrons. The normalized spacial score (nSPS) is 17.9. The van der Waals surface area contributed by atoms with E-state index in [0.29, 0.717) is 58.9 Å². The van der Waals surface area contributed by atoms with Crippen LogP contribution in [0.5, 0.6) is 5.75 Å². The van der Waals surface area contributed by atoms with Crippen molar-refractivity contribution >= 4 is 34.3 Å². The predicted molar refractivity (Wildman–Crippen MR) is 184 cm³/mol. The second kappa shape index (κ2) is 15.6. The van der Waals surface area contributed by atoms with Crippen LogP contribution in [-0.4, -0.2) is 68.1 Å².